The Bertz CT molecular complexity index is 457. The predicted octanol–water partition coefficient (Wildman–Crippen LogP) is 2.78. The molecule has 1 saturated heterocycles. The Balaban J connectivity index is 2.08. The summed E-state index contributed by atoms with van der Waals surface area (Å²) in [6, 6.07) is 7.85. The number of halogens is 1. The Morgan fingerprint density at radius 3 is 2.61 bits per heavy atom. The molecule has 2 N–H and O–H groups in total. The number of benzene rings is 1. The van der Waals surface area contributed by atoms with Crippen molar-refractivity contribution >= 4 is 17.3 Å². The second-order valence-electron chi connectivity index (χ2n) is 4.96. The van der Waals surface area contributed by atoms with Crippen molar-refractivity contribution in [1.82, 2.24) is 0 Å². The Morgan fingerprint density at radius 1 is 1.44 bits per heavy atom. The fourth-order valence-corrected chi connectivity index (χ4v) is 2.80. The van der Waals surface area contributed by atoms with Crippen LogP contribution < -0.4 is 10.6 Å². The Morgan fingerprint density at radius 2 is 2.11 bits per heavy atom. The molecule has 0 radical (unpaired) electrons. The van der Waals surface area contributed by atoms with E-state index in [-0.39, 0.29) is 6.04 Å². The molecule has 1 fully saturated rings. The summed E-state index contributed by atoms with van der Waals surface area (Å²) >= 11 is 6.22. The van der Waals surface area contributed by atoms with Crippen LogP contribution in [-0.4, -0.2) is 19.1 Å². The molecule has 0 amide bonds. The van der Waals surface area contributed by atoms with Gasteiger partial charge in [-0.05, 0) is 43.9 Å². The van der Waals surface area contributed by atoms with Crippen LogP contribution in [-0.2, 0) is 0 Å². The predicted molar refractivity (Wildman–Crippen MR) is 74.8 cm³/mol. The fourth-order valence-electron chi connectivity index (χ4n) is 2.50. The summed E-state index contributed by atoms with van der Waals surface area (Å²) in [7, 11) is 0. The van der Waals surface area contributed by atoms with E-state index in [1.165, 1.54) is 0 Å². The average molecular weight is 264 g/mol. The molecule has 1 aromatic carbocycles. The second kappa shape index (κ2) is 5.60. The SMILES string of the molecule is CC(N)C1CCN(c2ccc(C#N)cc2Cl)CC1. The van der Waals surface area contributed by atoms with Crippen LogP contribution in [0.5, 0.6) is 0 Å². The molecule has 1 unspecified atom stereocenters. The molecule has 0 aromatic heterocycles. The quantitative estimate of drug-likeness (QED) is 0.893. The summed E-state index contributed by atoms with van der Waals surface area (Å²) in [5, 5.41) is 9.48. The van der Waals surface area contributed by atoms with Crippen LogP contribution in [0.1, 0.15) is 25.3 Å². The lowest BCUT2D eigenvalue weighted by Crippen LogP contribution is -2.39. The standard InChI is InChI=1S/C14H18ClN3/c1-10(17)12-4-6-18(7-5-12)14-3-2-11(9-16)8-13(14)15/h2-3,8,10,12H,4-7,17H2,1H3. The second-order valence-corrected chi connectivity index (χ2v) is 5.37. The Hall–Kier alpha value is -1.24. The van der Waals surface area contributed by atoms with Crippen LogP contribution in [0.2, 0.25) is 5.02 Å². The molecule has 0 aliphatic carbocycles. The van der Waals surface area contributed by atoms with Gasteiger partial charge in [0.05, 0.1) is 22.3 Å². The van der Waals surface area contributed by atoms with E-state index in [1.807, 2.05) is 12.1 Å². The zero-order chi connectivity index (χ0) is 13.1. The van der Waals surface area contributed by atoms with Crippen molar-refractivity contribution in [1.29, 1.82) is 5.26 Å². The maximum absolute atomic E-state index is 8.82. The highest BCUT2D eigenvalue weighted by molar-refractivity contribution is 6.33. The molecule has 1 aromatic rings. The molecule has 0 bridgehead atoms. The summed E-state index contributed by atoms with van der Waals surface area (Å²) in [5.41, 5.74) is 7.57. The molecule has 18 heavy (non-hydrogen) atoms. The molecular weight excluding hydrogens is 246 g/mol. The lowest BCUT2D eigenvalue weighted by Gasteiger charge is -2.35. The maximum atomic E-state index is 8.82. The summed E-state index contributed by atoms with van der Waals surface area (Å²) < 4.78 is 0. The van der Waals surface area contributed by atoms with Gasteiger partial charge in [0.2, 0.25) is 0 Å². The minimum absolute atomic E-state index is 0.267. The Kier molecular flexibility index (Phi) is 4.11. The number of nitriles is 1. The van der Waals surface area contributed by atoms with Gasteiger partial charge in [0, 0.05) is 19.1 Å². The van der Waals surface area contributed by atoms with Crippen LogP contribution in [0.25, 0.3) is 0 Å². The van der Waals surface area contributed by atoms with Crippen molar-refractivity contribution in [3.05, 3.63) is 28.8 Å². The first-order chi connectivity index (χ1) is 8.61. The molecule has 4 heteroatoms. The Labute approximate surface area is 113 Å². The summed E-state index contributed by atoms with van der Waals surface area (Å²) in [5.74, 6) is 0.610. The number of nitrogens with two attached hydrogens (primary N) is 1. The van der Waals surface area contributed by atoms with Gasteiger partial charge in [-0.2, -0.15) is 5.26 Å². The highest BCUT2D eigenvalue weighted by Gasteiger charge is 2.23. The molecule has 1 aliphatic rings. The molecule has 1 aliphatic heterocycles. The van der Waals surface area contributed by atoms with Gasteiger partial charge in [-0.1, -0.05) is 11.6 Å². The lowest BCUT2D eigenvalue weighted by atomic mass is 9.90. The van der Waals surface area contributed by atoms with Gasteiger partial charge < -0.3 is 10.6 Å². The molecule has 96 valence electrons. The first-order valence-corrected chi connectivity index (χ1v) is 6.70. The summed E-state index contributed by atoms with van der Waals surface area (Å²) in [4.78, 5) is 2.28. The molecule has 1 heterocycles. The third-order valence-electron chi connectivity index (χ3n) is 3.70. The van der Waals surface area contributed by atoms with Gasteiger partial charge in [-0.3, -0.25) is 0 Å². The van der Waals surface area contributed by atoms with Crippen molar-refractivity contribution in [2.24, 2.45) is 11.7 Å². The first kappa shape index (κ1) is 13.2. The van der Waals surface area contributed by atoms with Gasteiger partial charge in [-0.25, -0.2) is 0 Å². The molecular formula is C14H18ClN3. The number of nitrogens with zero attached hydrogens (tertiary/aromatic N) is 2. The number of hydrogen-bond donors (Lipinski definition) is 1. The molecule has 1 atom stereocenters. The van der Waals surface area contributed by atoms with Crippen LogP contribution in [0, 0.1) is 17.2 Å². The third-order valence-corrected chi connectivity index (χ3v) is 4.00. The minimum atomic E-state index is 0.267. The minimum Gasteiger partial charge on any atom is -0.370 e. The van der Waals surface area contributed by atoms with Crippen LogP contribution in [0.4, 0.5) is 5.69 Å². The van der Waals surface area contributed by atoms with Gasteiger partial charge in [0.25, 0.3) is 0 Å². The highest BCUT2D eigenvalue weighted by atomic mass is 35.5. The summed E-state index contributed by atoms with van der Waals surface area (Å²) in [6.07, 6.45) is 2.21. The van der Waals surface area contributed by atoms with E-state index in [4.69, 9.17) is 22.6 Å². The van der Waals surface area contributed by atoms with Crippen molar-refractivity contribution in [3.8, 4) is 6.07 Å². The zero-order valence-electron chi connectivity index (χ0n) is 10.6. The van der Waals surface area contributed by atoms with Crippen LogP contribution in [0.3, 0.4) is 0 Å². The first-order valence-electron chi connectivity index (χ1n) is 6.32. The normalized spacial score (nSPS) is 18.4. The van der Waals surface area contributed by atoms with E-state index < -0.39 is 0 Å². The average Bonchev–Trinajstić information content (AvgIpc) is 2.38. The van der Waals surface area contributed by atoms with Crippen LogP contribution >= 0.6 is 11.6 Å². The van der Waals surface area contributed by atoms with Crippen molar-refractivity contribution < 1.29 is 0 Å². The van der Waals surface area contributed by atoms with Crippen molar-refractivity contribution in [2.45, 2.75) is 25.8 Å². The molecule has 0 saturated carbocycles. The highest BCUT2D eigenvalue weighted by Crippen LogP contribution is 2.30. The monoisotopic (exact) mass is 263 g/mol. The van der Waals surface area contributed by atoms with E-state index in [2.05, 4.69) is 17.9 Å². The number of rotatable bonds is 2. The largest absolute Gasteiger partial charge is 0.370 e. The molecule has 2 rings (SSSR count). The topological polar surface area (TPSA) is 53.0 Å². The number of piperidine rings is 1. The number of hydrogen-bond acceptors (Lipinski definition) is 3. The molecule has 0 spiro atoms. The smallest absolute Gasteiger partial charge is 0.0992 e. The third kappa shape index (κ3) is 2.77. The maximum Gasteiger partial charge on any atom is 0.0992 e. The fraction of sp³-hybridized carbons (Fsp3) is 0.500. The lowest BCUT2D eigenvalue weighted by molar-refractivity contribution is 0.354. The van der Waals surface area contributed by atoms with Gasteiger partial charge in [0.1, 0.15) is 0 Å². The van der Waals surface area contributed by atoms with Gasteiger partial charge in [-0.15, -0.1) is 0 Å². The van der Waals surface area contributed by atoms with E-state index in [0.29, 0.717) is 16.5 Å². The van der Waals surface area contributed by atoms with Crippen molar-refractivity contribution in [3.63, 3.8) is 0 Å². The number of anilines is 1. The zero-order valence-corrected chi connectivity index (χ0v) is 11.3. The van der Waals surface area contributed by atoms with E-state index in [9.17, 15) is 0 Å². The van der Waals surface area contributed by atoms with E-state index in [1.54, 1.807) is 6.07 Å². The van der Waals surface area contributed by atoms with E-state index in [0.717, 1.165) is 31.6 Å². The van der Waals surface area contributed by atoms with E-state index >= 15 is 0 Å². The van der Waals surface area contributed by atoms with Gasteiger partial charge in [0.15, 0.2) is 0 Å². The van der Waals surface area contributed by atoms with Crippen molar-refractivity contribution in [2.75, 3.05) is 18.0 Å². The molecule has 3 nitrogen and oxygen atoms in total. The van der Waals surface area contributed by atoms with Crippen LogP contribution in [0.15, 0.2) is 18.2 Å². The van der Waals surface area contributed by atoms with Gasteiger partial charge >= 0.3 is 0 Å². The summed E-state index contributed by atoms with van der Waals surface area (Å²) in [6.45, 7) is 4.05.